The van der Waals surface area contributed by atoms with Gasteiger partial charge in [-0.05, 0) is 49.3 Å². The lowest BCUT2D eigenvalue weighted by molar-refractivity contribution is 0.0958. The SMILES string of the molecule is Cc1nnsc1C(=O)N/N=C1\CCCc2cccnc21. The Bertz CT molecular complexity index is 679. The molecule has 0 radical (unpaired) electrons. The van der Waals surface area contributed by atoms with Gasteiger partial charge >= 0.3 is 0 Å². The maximum atomic E-state index is 12.0. The summed E-state index contributed by atoms with van der Waals surface area (Å²) in [7, 11) is 0. The standard InChI is InChI=1S/C13H13N5OS/c1-8-12(20-18-15-8)13(19)17-16-10-6-2-4-9-5-3-7-14-11(9)10/h3,5,7H,2,4,6H2,1H3,(H,17,19)/b16-10+. The molecule has 0 spiro atoms. The molecule has 0 aliphatic heterocycles. The fourth-order valence-electron chi connectivity index (χ4n) is 2.18. The van der Waals surface area contributed by atoms with Gasteiger partial charge in [0.15, 0.2) is 0 Å². The zero-order valence-electron chi connectivity index (χ0n) is 11.0. The van der Waals surface area contributed by atoms with E-state index in [1.165, 1.54) is 5.56 Å². The molecule has 1 amide bonds. The summed E-state index contributed by atoms with van der Waals surface area (Å²) in [5.41, 5.74) is 6.10. The van der Waals surface area contributed by atoms with Crippen molar-refractivity contribution in [2.75, 3.05) is 0 Å². The maximum Gasteiger partial charge on any atom is 0.285 e. The molecule has 0 unspecified atom stereocenters. The first-order valence-electron chi connectivity index (χ1n) is 6.36. The number of hydrogen-bond donors (Lipinski definition) is 1. The predicted molar refractivity (Wildman–Crippen MR) is 75.8 cm³/mol. The smallest absolute Gasteiger partial charge is 0.266 e. The topological polar surface area (TPSA) is 80.1 Å². The molecule has 20 heavy (non-hydrogen) atoms. The third-order valence-electron chi connectivity index (χ3n) is 3.17. The molecule has 0 bridgehead atoms. The van der Waals surface area contributed by atoms with E-state index in [2.05, 4.69) is 31.2 Å². The molecule has 3 rings (SSSR count). The van der Waals surface area contributed by atoms with Crippen LogP contribution in [0.1, 0.15) is 39.5 Å². The molecule has 0 aromatic carbocycles. The summed E-state index contributed by atoms with van der Waals surface area (Å²) in [6, 6.07) is 3.97. The predicted octanol–water partition coefficient (Wildman–Crippen LogP) is 1.71. The van der Waals surface area contributed by atoms with E-state index in [4.69, 9.17) is 0 Å². The Morgan fingerprint density at radius 3 is 3.15 bits per heavy atom. The van der Waals surface area contributed by atoms with Gasteiger partial charge in [0.1, 0.15) is 4.88 Å². The highest BCUT2D eigenvalue weighted by Gasteiger charge is 2.18. The fourth-order valence-corrected chi connectivity index (χ4v) is 2.73. The molecule has 6 nitrogen and oxygen atoms in total. The van der Waals surface area contributed by atoms with Crippen molar-refractivity contribution in [1.29, 1.82) is 0 Å². The molecule has 1 aliphatic rings. The third kappa shape index (κ3) is 2.44. The number of rotatable bonds is 2. The van der Waals surface area contributed by atoms with Gasteiger partial charge in [0.05, 0.1) is 17.1 Å². The van der Waals surface area contributed by atoms with Crippen molar-refractivity contribution < 1.29 is 4.79 Å². The number of hydrazone groups is 1. The Labute approximate surface area is 120 Å². The van der Waals surface area contributed by atoms with Crippen LogP contribution in [0, 0.1) is 6.92 Å². The summed E-state index contributed by atoms with van der Waals surface area (Å²) in [4.78, 5) is 16.8. The average molecular weight is 287 g/mol. The molecule has 102 valence electrons. The quantitative estimate of drug-likeness (QED) is 0.853. The second kappa shape index (κ2) is 5.46. The van der Waals surface area contributed by atoms with E-state index >= 15 is 0 Å². The molecule has 1 aliphatic carbocycles. The highest BCUT2D eigenvalue weighted by atomic mass is 32.1. The monoisotopic (exact) mass is 287 g/mol. The minimum atomic E-state index is -0.270. The van der Waals surface area contributed by atoms with Gasteiger partial charge in [0, 0.05) is 6.20 Å². The molecule has 2 aromatic heterocycles. The van der Waals surface area contributed by atoms with Crippen LogP contribution in [0.2, 0.25) is 0 Å². The summed E-state index contributed by atoms with van der Waals surface area (Å²) in [5, 5.41) is 8.04. The largest absolute Gasteiger partial charge is 0.285 e. The van der Waals surface area contributed by atoms with Gasteiger partial charge in [-0.15, -0.1) is 5.10 Å². The fraction of sp³-hybridized carbons (Fsp3) is 0.308. The lowest BCUT2D eigenvalue weighted by Gasteiger charge is -2.15. The number of carbonyl (C=O) groups is 1. The van der Waals surface area contributed by atoms with Gasteiger partial charge in [-0.25, -0.2) is 5.43 Å². The zero-order chi connectivity index (χ0) is 13.9. The van der Waals surface area contributed by atoms with E-state index in [-0.39, 0.29) is 5.91 Å². The van der Waals surface area contributed by atoms with Crippen LogP contribution in [-0.2, 0) is 6.42 Å². The van der Waals surface area contributed by atoms with Gasteiger partial charge in [-0.2, -0.15) is 5.10 Å². The summed E-state index contributed by atoms with van der Waals surface area (Å²) in [5.74, 6) is -0.270. The minimum absolute atomic E-state index is 0.270. The highest BCUT2D eigenvalue weighted by Crippen LogP contribution is 2.19. The molecule has 0 saturated heterocycles. The van der Waals surface area contributed by atoms with E-state index in [0.29, 0.717) is 10.6 Å². The maximum absolute atomic E-state index is 12.0. The van der Waals surface area contributed by atoms with Crippen LogP contribution < -0.4 is 5.43 Å². The van der Waals surface area contributed by atoms with Crippen LogP contribution in [-0.4, -0.2) is 26.2 Å². The summed E-state index contributed by atoms with van der Waals surface area (Å²) >= 11 is 1.07. The van der Waals surface area contributed by atoms with Crippen LogP contribution in [0.4, 0.5) is 0 Å². The molecular weight excluding hydrogens is 274 g/mol. The third-order valence-corrected chi connectivity index (χ3v) is 4.00. The zero-order valence-corrected chi connectivity index (χ0v) is 11.8. The highest BCUT2D eigenvalue weighted by molar-refractivity contribution is 7.07. The molecule has 0 atom stereocenters. The van der Waals surface area contributed by atoms with Crippen molar-refractivity contribution >= 4 is 23.2 Å². The normalized spacial score (nSPS) is 15.9. The second-order valence-corrected chi connectivity index (χ2v) is 5.31. The first-order chi connectivity index (χ1) is 9.75. The number of aryl methyl sites for hydroxylation is 2. The van der Waals surface area contributed by atoms with E-state index < -0.39 is 0 Å². The van der Waals surface area contributed by atoms with E-state index in [1.54, 1.807) is 13.1 Å². The van der Waals surface area contributed by atoms with Crippen molar-refractivity contribution in [2.24, 2.45) is 5.10 Å². The molecular formula is C13H13N5OS. The Balaban J connectivity index is 1.81. The van der Waals surface area contributed by atoms with Crippen LogP contribution in [0.15, 0.2) is 23.4 Å². The number of nitrogens with one attached hydrogen (secondary N) is 1. The van der Waals surface area contributed by atoms with Gasteiger partial charge in [0.2, 0.25) is 0 Å². The Hall–Kier alpha value is -2.15. The molecule has 1 N–H and O–H groups in total. The molecule has 2 aromatic rings. The molecule has 0 fully saturated rings. The first-order valence-corrected chi connectivity index (χ1v) is 7.13. The van der Waals surface area contributed by atoms with Crippen LogP contribution in [0.25, 0.3) is 0 Å². The molecule has 2 heterocycles. The van der Waals surface area contributed by atoms with Crippen LogP contribution in [0.5, 0.6) is 0 Å². The molecule has 7 heteroatoms. The van der Waals surface area contributed by atoms with E-state index in [0.717, 1.165) is 42.2 Å². The second-order valence-electron chi connectivity index (χ2n) is 4.55. The number of hydrogen-bond acceptors (Lipinski definition) is 6. The summed E-state index contributed by atoms with van der Waals surface area (Å²) in [6.07, 6.45) is 4.60. The van der Waals surface area contributed by atoms with Gasteiger partial charge in [0.25, 0.3) is 5.91 Å². The number of pyridine rings is 1. The Morgan fingerprint density at radius 1 is 1.45 bits per heavy atom. The van der Waals surface area contributed by atoms with Crippen molar-refractivity contribution in [2.45, 2.75) is 26.2 Å². The van der Waals surface area contributed by atoms with Gasteiger partial charge in [-0.3, -0.25) is 9.78 Å². The van der Waals surface area contributed by atoms with E-state index in [9.17, 15) is 4.79 Å². The average Bonchev–Trinajstić information content (AvgIpc) is 2.91. The van der Waals surface area contributed by atoms with Crippen molar-refractivity contribution in [3.63, 3.8) is 0 Å². The van der Waals surface area contributed by atoms with Crippen molar-refractivity contribution in [3.05, 3.63) is 40.2 Å². The van der Waals surface area contributed by atoms with Crippen LogP contribution in [0.3, 0.4) is 0 Å². The van der Waals surface area contributed by atoms with Gasteiger partial charge in [-0.1, -0.05) is 10.6 Å². The summed E-state index contributed by atoms with van der Waals surface area (Å²) in [6.45, 7) is 1.75. The number of aromatic nitrogens is 3. The molecule has 0 saturated carbocycles. The van der Waals surface area contributed by atoms with Crippen molar-refractivity contribution in [3.8, 4) is 0 Å². The number of fused-ring (bicyclic) bond motifs is 1. The Kier molecular flexibility index (Phi) is 3.51. The minimum Gasteiger partial charge on any atom is -0.266 e. The summed E-state index contributed by atoms with van der Waals surface area (Å²) < 4.78 is 3.74. The number of amides is 1. The van der Waals surface area contributed by atoms with E-state index in [1.807, 2.05) is 6.07 Å². The number of carbonyl (C=O) groups excluding carboxylic acids is 1. The lowest BCUT2D eigenvalue weighted by atomic mass is 9.95. The van der Waals surface area contributed by atoms with Crippen LogP contribution >= 0.6 is 11.5 Å². The first kappa shape index (κ1) is 12.9. The van der Waals surface area contributed by atoms with Gasteiger partial charge < -0.3 is 0 Å². The lowest BCUT2D eigenvalue weighted by Crippen LogP contribution is -2.22. The number of nitrogens with zero attached hydrogens (tertiary/aromatic N) is 4. The van der Waals surface area contributed by atoms with Crippen molar-refractivity contribution in [1.82, 2.24) is 20.0 Å². The Morgan fingerprint density at radius 2 is 2.35 bits per heavy atom.